The standard InChI is InChI=1S/C26H30O3.C8H10O.C5H10O.C4H8O/c1-7-10-19(11-8-2)22-14-15-23(26(29)16(4)9-3)25-21(18(6)28)13-12-20(17(5)27)24(22)25;1-7-3-5-8(9-2)6-4-7;1-2-3-4-5-6;1-2-3-4-5/h7,10-16H,8-9H2,1-6H3;3-6H,1-2H3;5H,2-4H2,1H3;4H,2-3H2,1H3/b10-7-,19-11+;;;. The lowest BCUT2D eigenvalue weighted by atomic mass is 9.84. The second-order valence-electron chi connectivity index (χ2n) is 11.7. The van der Waals surface area contributed by atoms with Crippen LogP contribution in [0.2, 0.25) is 0 Å². The number of aldehydes is 2. The fraction of sp³-hybridized carbons (Fsp3) is 0.419. The summed E-state index contributed by atoms with van der Waals surface area (Å²) >= 11 is 0. The summed E-state index contributed by atoms with van der Waals surface area (Å²) in [7, 11) is 1.67. The van der Waals surface area contributed by atoms with Crippen molar-refractivity contribution in [3.63, 3.8) is 0 Å². The van der Waals surface area contributed by atoms with Crippen LogP contribution in [0, 0.1) is 12.8 Å². The van der Waals surface area contributed by atoms with Crippen LogP contribution in [0.4, 0.5) is 0 Å². The van der Waals surface area contributed by atoms with Crippen LogP contribution >= 0.6 is 0 Å². The Hall–Kier alpha value is -4.45. The molecule has 0 fully saturated rings. The van der Waals surface area contributed by atoms with E-state index in [1.54, 1.807) is 19.2 Å². The third-order valence-electron chi connectivity index (χ3n) is 7.66. The minimum absolute atomic E-state index is 0.000642. The lowest BCUT2D eigenvalue weighted by Crippen LogP contribution is -2.13. The fourth-order valence-electron chi connectivity index (χ4n) is 4.73. The summed E-state index contributed by atoms with van der Waals surface area (Å²) in [5.74, 6) is 0.550. The molecule has 0 amide bonds. The van der Waals surface area contributed by atoms with E-state index < -0.39 is 0 Å². The Labute approximate surface area is 295 Å². The van der Waals surface area contributed by atoms with Gasteiger partial charge in [0.05, 0.1) is 7.11 Å². The molecule has 49 heavy (non-hydrogen) atoms. The number of benzene rings is 3. The Kier molecular flexibility index (Phi) is 23.2. The topological polar surface area (TPSA) is 94.6 Å². The molecule has 266 valence electrons. The van der Waals surface area contributed by atoms with Gasteiger partial charge in [0.1, 0.15) is 18.3 Å². The van der Waals surface area contributed by atoms with E-state index in [0.29, 0.717) is 40.3 Å². The first-order chi connectivity index (χ1) is 23.4. The summed E-state index contributed by atoms with van der Waals surface area (Å²) in [6.45, 7) is 17.0. The number of Topliss-reactive ketones (excluding diaryl/α,β-unsaturated/α-hetero) is 3. The number of methoxy groups -OCH3 is 1. The average Bonchev–Trinajstić information content (AvgIpc) is 3.10. The summed E-state index contributed by atoms with van der Waals surface area (Å²) in [6, 6.07) is 15.1. The molecule has 0 radical (unpaired) electrons. The van der Waals surface area contributed by atoms with Gasteiger partial charge in [-0.25, -0.2) is 0 Å². The van der Waals surface area contributed by atoms with E-state index in [4.69, 9.17) is 4.74 Å². The Morgan fingerprint density at radius 2 is 1.24 bits per heavy atom. The Morgan fingerprint density at radius 3 is 1.61 bits per heavy atom. The Morgan fingerprint density at radius 1 is 0.735 bits per heavy atom. The maximum absolute atomic E-state index is 13.2. The minimum atomic E-state index is -0.161. The Bertz CT molecular complexity index is 1540. The zero-order valence-electron chi connectivity index (χ0n) is 31.5. The predicted octanol–water partition coefficient (Wildman–Crippen LogP) is 11.2. The van der Waals surface area contributed by atoms with Gasteiger partial charge in [-0.05, 0) is 76.6 Å². The normalized spacial score (nSPS) is 11.2. The van der Waals surface area contributed by atoms with Crippen molar-refractivity contribution in [1.29, 1.82) is 0 Å². The predicted molar refractivity (Wildman–Crippen MR) is 205 cm³/mol. The molecule has 1 atom stereocenters. The molecule has 0 bridgehead atoms. The van der Waals surface area contributed by atoms with Gasteiger partial charge in [0.2, 0.25) is 0 Å². The van der Waals surface area contributed by atoms with E-state index in [-0.39, 0.29) is 23.3 Å². The molecule has 0 aromatic heterocycles. The van der Waals surface area contributed by atoms with Crippen molar-refractivity contribution in [3.8, 4) is 5.75 Å². The number of rotatable bonds is 14. The molecule has 3 aromatic rings. The van der Waals surface area contributed by atoms with Crippen molar-refractivity contribution in [2.24, 2.45) is 5.92 Å². The SMILES string of the molecule is C/C=C\C(=C/CC)c1ccc(C(=O)C(C)CC)c2c(C(C)=O)ccc(C(C)=O)c12.CCCC=O.CCCCC=O.COc1ccc(C)cc1. The van der Waals surface area contributed by atoms with Crippen LogP contribution in [0.25, 0.3) is 16.3 Å². The molecular formula is C43H58O6. The first kappa shape index (κ1) is 44.5. The summed E-state index contributed by atoms with van der Waals surface area (Å²) in [4.78, 5) is 57.1. The molecule has 0 N–H and O–H groups in total. The van der Waals surface area contributed by atoms with Gasteiger partial charge in [0.15, 0.2) is 17.3 Å². The zero-order valence-corrected chi connectivity index (χ0v) is 31.5. The van der Waals surface area contributed by atoms with Gasteiger partial charge in [-0.3, -0.25) is 14.4 Å². The van der Waals surface area contributed by atoms with Gasteiger partial charge >= 0.3 is 0 Å². The number of ketones is 3. The van der Waals surface area contributed by atoms with E-state index in [0.717, 1.165) is 61.6 Å². The van der Waals surface area contributed by atoms with Crippen LogP contribution in [-0.2, 0) is 9.59 Å². The van der Waals surface area contributed by atoms with Crippen LogP contribution in [0.3, 0.4) is 0 Å². The molecule has 0 aliphatic carbocycles. The molecule has 0 heterocycles. The average molecular weight is 671 g/mol. The highest BCUT2D eigenvalue weighted by molar-refractivity contribution is 6.23. The second-order valence-corrected chi connectivity index (χ2v) is 11.7. The molecule has 0 saturated carbocycles. The molecule has 3 rings (SSSR count). The van der Waals surface area contributed by atoms with Crippen molar-refractivity contribution in [2.75, 3.05) is 7.11 Å². The minimum Gasteiger partial charge on any atom is -0.497 e. The number of hydrogen-bond acceptors (Lipinski definition) is 6. The molecule has 0 spiro atoms. The third kappa shape index (κ3) is 15.1. The van der Waals surface area contributed by atoms with Crippen LogP contribution < -0.4 is 4.74 Å². The van der Waals surface area contributed by atoms with E-state index >= 15 is 0 Å². The van der Waals surface area contributed by atoms with E-state index in [9.17, 15) is 24.0 Å². The van der Waals surface area contributed by atoms with Gasteiger partial charge in [-0.15, -0.1) is 0 Å². The number of ether oxygens (including phenoxy) is 1. The number of unbranched alkanes of at least 4 members (excludes halogenated alkanes) is 3. The molecule has 0 aliphatic heterocycles. The third-order valence-corrected chi connectivity index (χ3v) is 7.66. The number of fused-ring (bicyclic) bond motifs is 1. The van der Waals surface area contributed by atoms with E-state index in [1.165, 1.54) is 19.4 Å². The van der Waals surface area contributed by atoms with Crippen LogP contribution in [-0.4, -0.2) is 37.0 Å². The highest BCUT2D eigenvalue weighted by Crippen LogP contribution is 2.36. The lowest BCUT2D eigenvalue weighted by Gasteiger charge is -2.18. The van der Waals surface area contributed by atoms with Gasteiger partial charge in [-0.2, -0.15) is 0 Å². The fourth-order valence-corrected chi connectivity index (χ4v) is 4.73. The molecule has 6 heteroatoms. The van der Waals surface area contributed by atoms with Crippen LogP contribution in [0.5, 0.6) is 5.75 Å². The van der Waals surface area contributed by atoms with Crippen molar-refractivity contribution in [3.05, 3.63) is 94.6 Å². The monoisotopic (exact) mass is 670 g/mol. The van der Waals surface area contributed by atoms with E-state index in [2.05, 4.69) is 26.8 Å². The summed E-state index contributed by atoms with van der Waals surface area (Å²) in [5.41, 5.74) is 4.64. The number of hydrogen-bond donors (Lipinski definition) is 0. The number of carbonyl (C=O) groups is 5. The second kappa shape index (κ2) is 25.6. The number of carbonyl (C=O) groups excluding carboxylic acids is 5. The van der Waals surface area contributed by atoms with E-state index in [1.807, 2.05) is 76.2 Å². The first-order valence-corrected chi connectivity index (χ1v) is 17.4. The summed E-state index contributed by atoms with van der Waals surface area (Å²) < 4.78 is 4.97. The summed E-state index contributed by atoms with van der Waals surface area (Å²) in [6.07, 6.45) is 14.1. The molecular weight excluding hydrogens is 612 g/mol. The number of aryl methyl sites for hydroxylation is 1. The summed E-state index contributed by atoms with van der Waals surface area (Å²) in [5, 5.41) is 1.29. The van der Waals surface area contributed by atoms with Gasteiger partial charge < -0.3 is 14.3 Å². The molecule has 0 saturated heterocycles. The smallest absolute Gasteiger partial charge is 0.166 e. The zero-order chi connectivity index (χ0) is 37.4. The van der Waals surface area contributed by atoms with Crippen molar-refractivity contribution in [1.82, 2.24) is 0 Å². The molecule has 0 aliphatic rings. The lowest BCUT2D eigenvalue weighted by molar-refractivity contribution is -0.108. The van der Waals surface area contributed by atoms with Gasteiger partial charge in [0, 0.05) is 46.2 Å². The van der Waals surface area contributed by atoms with Crippen molar-refractivity contribution in [2.45, 2.75) is 107 Å². The maximum Gasteiger partial charge on any atom is 0.166 e. The Balaban J connectivity index is 0.000000927. The maximum atomic E-state index is 13.2. The first-order valence-electron chi connectivity index (χ1n) is 17.4. The van der Waals surface area contributed by atoms with Gasteiger partial charge in [0.25, 0.3) is 0 Å². The van der Waals surface area contributed by atoms with Crippen molar-refractivity contribution >= 4 is 46.3 Å². The quantitative estimate of drug-likeness (QED) is 0.0733. The molecule has 3 aromatic carbocycles. The van der Waals surface area contributed by atoms with Crippen LogP contribution in [0.15, 0.2) is 66.8 Å². The highest BCUT2D eigenvalue weighted by atomic mass is 16.5. The highest BCUT2D eigenvalue weighted by Gasteiger charge is 2.24. The molecule has 1 unspecified atom stereocenters. The number of allylic oxidation sites excluding steroid dienone is 4. The molecule has 6 nitrogen and oxygen atoms in total. The van der Waals surface area contributed by atoms with Crippen LogP contribution in [0.1, 0.15) is 143 Å². The van der Waals surface area contributed by atoms with Gasteiger partial charge in [-0.1, -0.05) is 101 Å². The van der Waals surface area contributed by atoms with Crippen molar-refractivity contribution < 1.29 is 28.7 Å². The largest absolute Gasteiger partial charge is 0.497 e.